The van der Waals surface area contributed by atoms with E-state index in [1.807, 2.05) is 6.08 Å². The van der Waals surface area contributed by atoms with E-state index < -0.39 is 124 Å². The van der Waals surface area contributed by atoms with E-state index >= 15 is 0 Å². The average molecular weight is 1310 g/mol. The van der Waals surface area contributed by atoms with E-state index in [9.17, 15) is 61.0 Å². The summed E-state index contributed by atoms with van der Waals surface area (Å²) in [7, 11) is 0. The molecular formula is C74H119NO18. The summed E-state index contributed by atoms with van der Waals surface area (Å²) in [6.07, 6.45) is 49.9. The third kappa shape index (κ3) is 35.5. The first-order chi connectivity index (χ1) is 45.3. The molecule has 0 aromatic carbocycles. The molecule has 12 N–H and O–H groups in total. The third-order valence-corrected chi connectivity index (χ3v) is 16.1. The molecule has 3 rings (SSSR count). The zero-order chi connectivity index (χ0) is 67.5. The van der Waals surface area contributed by atoms with E-state index in [4.69, 9.17) is 28.4 Å². The molecule has 3 heterocycles. The lowest BCUT2D eigenvalue weighted by Crippen LogP contribution is -2.66. The Balaban J connectivity index is 1.38. The maximum absolute atomic E-state index is 13.3. The molecule has 528 valence electrons. The van der Waals surface area contributed by atoms with Gasteiger partial charge in [-0.2, -0.15) is 0 Å². The van der Waals surface area contributed by atoms with Crippen LogP contribution in [0.15, 0.2) is 146 Å². The number of rotatable bonds is 50. The molecule has 3 aliphatic rings. The highest BCUT2D eigenvalue weighted by molar-refractivity contribution is 5.76. The minimum atomic E-state index is -1.99. The molecule has 0 saturated carbocycles. The van der Waals surface area contributed by atoms with E-state index in [2.05, 4.69) is 153 Å². The second-order valence-electron chi connectivity index (χ2n) is 23.9. The second-order valence-corrected chi connectivity index (χ2v) is 23.9. The minimum Gasteiger partial charge on any atom is -0.394 e. The quantitative estimate of drug-likeness (QED) is 0.0199. The molecule has 1 amide bonds. The summed E-state index contributed by atoms with van der Waals surface area (Å²) in [5.41, 5.74) is 0. The molecule has 0 bridgehead atoms. The lowest BCUT2D eigenvalue weighted by atomic mass is 9.96. The van der Waals surface area contributed by atoms with Gasteiger partial charge >= 0.3 is 0 Å². The Kier molecular flexibility index (Phi) is 47.9. The highest BCUT2D eigenvalue weighted by atomic mass is 16.8. The summed E-state index contributed by atoms with van der Waals surface area (Å²) in [6, 6.07) is -1.00. The first-order valence-electron chi connectivity index (χ1n) is 34.6. The van der Waals surface area contributed by atoms with Crippen LogP contribution in [0.25, 0.3) is 0 Å². The number of unbranched alkanes of at least 4 members (excludes halogenated alkanes) is 12. The van der Waals surface area contributed by atoms with Gasteiger partial charge in [0.2, 0.25) is 5.91 Å². The number of aliphatic hydroxyl groups excluding tert-OH is 11. The third-order valence-electron chi connectivity index (χ3n) is 16.1. The number of carbonyl (C=O) groups excluding carboxylic acids is 1. The van der Waals surface area contributed by atoms with Gasteiger partial charge in [0.15, 0.2) is 18.9 Å². The van der Waals surface area contributed by atoms with Gasteiger partial charge in [0.1, 0.15) is 73.2 Å². The first kappa shape index (κ1) is 82.9. The number of hydrogen-bond acceptors (Lipinski definition) is 18. The van der Waals surface area contributed by atoms with Crippen LogP contribution in [0.5, 0.6) is 0 Å². The fourth-order valence-electron chi connectivity index (χ4n) is 10.5. The summed E-state index contributed by atoms with van der Waals surface area (Å²) in [5, 5.41) is 120. The highest BCUT2D eigenvalue weighted by Crippen LogP contribution is 2.33. The predicted molar refractivity (Wildman–Crippen MR) is 364 cm³/mol. The van der Waals surface area contributed by atoms with Gasteiger partial charge in [-0.1, -0.05) is 217 Å². The molecule has 17 atom stereocenters. The maximum Gasteiger partial charge on any atom is 0.220 e. The standard InChI is InChI=1S/C74H119NO18/c1-3-5-7-9-11-13-15-16-17-18-19-20-21-22-23-24-25-26-27-28-29-30-31-32-33-34-35-36-37-38-39-40-42-44-46-48-50-52-62(80)75-57(58(79)51-49-47-45-43-41-14-12-10-8-6-4-2)56-88-72-68(86)65(83)70(60(54-77)90-72)93-74-69(87)66(84)71(61(55-78)91-74)92-73-67(85)64(82)63(81)59(53-76)89-73/h5,7,11,13,16-17,19-20,22-23,25-26,28-29,31-32,34-35,37-38,40,42,49,51,57-61,63-74,76-79,81-87H,3-4,6,8-10,12,14-15,18,21,24,27,30,33,36,39,41,43-48,50,52-56H2,1-2H3,(H,75,80)/b7-5-,13-11-,17-16-,20-19-,23-22-,26-25-,29-28-,32-31-,35-34-,38-37-,42-40-,51-49+. The van der Waals surface area contributed by atoms with E-state index in [-0.39, 0.29) is 18.9 Å². The van der Waals surface area contributed by atoms with E-state index in [0.29, 0.717) is 6.42 Å². The number of amides is 1. The van der Waals surface area contributed by atoms with Gasteiger partial charge in [0, 0.05) is 6.42 Å². The SMILES string of the molecule is CC/C=C\C/C=C\C/C=C\C/C=C\C/C=C\C/C=C\C/C=C\C/C=C\C/C=C\C/C=C\C/C=C\CCCCCC(=O)NC(COC1OC(CO)C(OC2OC(CO)C(OC3OC(CO)C(O)C(O)C3O)C(O)C2O)C(O)C1O)C(O)/C=C/CCCCCCCCCCC. The fourth-order valence-corrected chi connectivity index (χ4v) is 10.5. The summed E-state index contributed by atoms with van der Waals surface area (Å²) >= 11 is 0. The van der Waals surface area contributed by atoms with Gasteiger partial charge in [-0.3, -0.25) is 4.79 Å². The molecule has 0 aromatic rings. The molecule has 3 saturated heterocycles. The van der Waals surface area contributed by atoms with Crippen molar-refractivity contribution in [2.24, 2.45) is 0 Å². The summed E-state index contributed by atoms with van der Waals surface area (Å²) in [4.78, 5) is 13.3. The Hall–Kier alpha value is -4.33. The van der Waals surface area contributed by atoms with E-state index in [0.717, 1.165) is 116 Å². The molecule has 19 heteroatoms. The second kappa shape index (κ2) is 53.8. The minimum absolute atomic E-state index is 0.193. The smallest absolute Gasteiger partial charge is 0.220 e. The Morgan fingerprint density at radius 3 is 1.16 bits per heavy atom. The maximum atomic E-state index is 13.3. The fraction of sp³-hybridized carbons (Fsp3) is 0.662. The topological polar surface area (TPSA) is 307 Å². The van der Waals surface area contributed by atoms with Crippen molar-refractivity contribution < 1.29 is 89.4 Å². The highest BCUT2D eigenvalue weighted by Gasteiger charge is 2.53. The van der Waals surface area contributed by atoms with Crippen molar-refractivity contribution in [2.45, 2.75) is 285 Å². The summed E-state index contributed by atoms with van der Waals surface area (Å²) in [6.45, 7) is 1.53. The first-order valence-corrected chi connectivity index (χ1v) is 34.6. The lowest BCUT2D eigenvalue weighted by molar-refractivity contribution is -0.379. The normalized spacial score (nSPS) is 28.5. The Morgan fingerprint density at radius 1 is 0.398 bits per heavy atom. The molecule has 19 nitrogen and oxygen atoms in total. The van der Waals surface area contributed by atoms with E-state index in [1.165, 1.54) is 38.5 Å². The van der Waals surface area contributed by atoms with Gasteiger partial charge in [0.05, 0.1) is 38.6 Å². The Bertz CT molecular complexity index is 2250. The number of carbonyl (C=O) groups is 1. The molecule has 93 heavy (non-hydrogen) atoms. The van der Waals surface area contributed by atoms with Crippen molar-refractivity contribution in [3.8, 4) is 0 Å². The van der Waals surface area contributed by atoms with Gasteiger partial charge in [-0.05, 0) is 103 Å². The van der Waals surface area contributed by atoms with Gasteiger partial charge < -0.3 is 89.9 Å². The van der Waals surface area contributed by atoms with Gasteiger partial charge in [0.25, 0.3) is 0 Å². The van der Waals surface area contributed by atoms with Crippen molar-refractivity contribution in [1.82, 2.24) is 5.32 Å². The van der Waals surface area contributed by atoms with Crippen molar-refractivity contribution in [3.05, 3.63) is 146 Å². The Morgan fingerprint density at radius 2 is 0.742 bits per heavy atom. The molecular weight excluding hydrogens is 1190 g/mol. The van der Waals surface area contributed by atoms with Crippen molar-refractivity contribution in [2.75, 3.05) is 26.4 Å². The zero-order valence-electron chi connectivity index (χ0n) is 55.7. The number of ether oxygens (including phenoxy) is 6. The number of nitrogens with one attached hydrogen (secondary N) is 1. The molecule has 3 aliphatic heterocycles. The number of hydrogen-bond donors (Lipinski definition) is 12. The van der Waals surface area contributed by atoms with Crippen molar-refractivity contribution in [3.63, 3.8) is 0 Å². The van der Waals surface area contributed by atoms with Crippen molar-refractivity contribution >= 4 is 5.91 Å². The summed E-state index contributed by atoms with van der Waals surface area (Å²) in [5.74, 6) is -0.316. The Labute approximate surface area is 555 Å². The van der Waals surface area contributed by atoms with E-state index in [1.54, 1.807) is 6.08 Å². The predicted octanol–water partition coefficient (Wildman–Crippen LogP) is 9.15. The molecule has 0 spiro atoms. The number of allylic oxidation sites excluding steroid dienone is 23. The number of aliphatic hydroxyl groups is 11. The van der Waals surface area contributed by atoms with Crippen LogP contribution < -0.4 is 5.32 Å². The van der Waals surface area contributed by atoms with Crippen LogP contribution >= 0.6 is 0 Å². The van der Waals surface area contributed by atoms with Crippen LogP contribution in [0.3, 0.4) is 0 Å². The lowest BCUT2D eigenvalue weighted by Gasteiger charge is -2.48. The molecule has 17 unspecified atom stereocenters. The van der Waals surface area contributed by atoms with Crippen LogP contribution in [0.4, 0.5) is 0 Å². The van der Waals surface area contributed by atoms with Crippen LogP contribution in [0.2, 0.25) is 0 Å². The monoisotopic (exact) mass is 1310 g/mol. The van der Waals surface area contributed by atoms with Crippen LogP contribution in [-0.2, 0) is 33.2 Å². The molecule has 3 fully saturated rings. The molecule has 0 radical (unpaired) electrons. The largest absolute Gasteiger partial charge is 0.394 e. The van der Waals surface area contributed by atoms with Crippen molar-refractivity contribution in [1.29, 1.82) is 0 Å². The van der Waals surface area contributed by atoms with Crippen LogP contribution in [-0.4, -0.2) is 193 Å². The van der Waals surface area contributed by atoms with Crippen LogP contribution in [0, 0.1) is 0 Å². The average Bonchev–Trinajstić information content (AvgIpc) is 0.805. The molecule has 0 aliphatic carbocycles. The zero-order valence-corrected chi connectivity index (χ0v) is 55.7. The summed E-state index contributed by atoms with van der Waals surface area (Å²) < 4.78 is 34.2. The van der Waals surface area contributed by atoms with Crippen LogP contribution in [0.1, 0.15) is 181 Å². The molecule has 0 aromatic heterocycles. The van der Waals surface area contributed by atoms with Gasteiger partial charge in [-0.15, -0.1) is 0 Å². The van der Waals surface area contributed by atoms with Gasteiger partial charge in [-0.25, -0.2) is 0 Å².